The van der Waals surface area contributed by atoms with Crippen molar-refractivity contribution in [2.45, 2.75) is 25.8 Å². The molecule has 0 spiro atoms. The number of nitrogens with one attached hydrogen (secondary N) is 2. The maximum atomic E-state index is 12.1. The van der Waals surface area contributed by atoms with Crippen LogP contribution in [0.5, 0.6) is 0 Å². The lowest BCUT2D eigenvalue weighted by Crippen LogP contribution is -2.18. The van der Waals surface area contributed by atoms with Crippen LogP contribution in [-0.4, -0.2) is 20.5 Å². The van der Waals surface area contributed by atoms with Crippen LogP contribution >= 0.6 is 0 Å². The van der Waals surface area contributed by atoms with E-state index in [0.29, 0.717) is 23.0 Å². The molecular formula is C11H12N4O. The zero-order valence-corrected chi connectivity index (χ0v) is 8.95. The van der Waals surface area contributed by atoms with Gasteiger partial charge in [-0.05, 0) is 25.8 Å². The maximum Gasteiger partial charge on any atom is 0.276 e. The first-order chi connectivity index (χ1) is 7.68. The minimum atomic E-state index is -0.0278. The number of aromatic nitrogens is 3. The van der Waals surface area contributed by atoms with Gasteiger partial charge in [0.25, 0.3) is 5.56 Å². The summed E-state index contributed by atoms with van der Waals surface area (Å²) >= 11 is 0. The van der Waals surface area contributed by atoms with Gasteiger partial charge < -0.3 is 9.98 Å². The van der Waals surface area contributed by atoms with Crippen LogP contribution in [0.1, 0.15) is 31.5 Å². The molecule has 0 unspecified atom stereocenters. The van der Waals surface area contributed by atoms with Crippen LogP contribution in [-0.2, 0) is 0 Å². The molecule has 0 aliphatic heterocycles. The third-order valence-electron chi connectivity index (χ3n) is 2.95. The summed E-state index contributed by atoms with van der Waals surface area (Å²) in [6.07, 6.45) is 3.97. The summed E-state index contributed by atoms with van der Waals surface area (Å²) < 4.78 is 1.75. The van der Waals surface area contributed by atoms with Crippen LogP contribution in [0.2, 0.25) is 0 Å². The zero-order chi connectivity index (χ0) is 11.3. The number of rotatable bonds is 2. The number of nitrogens with zero attached hydrogens (tertiary/aromatic N) is 2. The smallest absolute Gasteiger partial charge is 0.276 e. The van der Waals surface area contributed by atoms with Gasteiger partial charge >= 0.3 is 0 Å². The summed E-state index contributed by atoms with van der Waals surface area (Å²) in [5.41, 5.74) is 1.42. The molecule has 0 amide bonds. The van der Waals surface area contributed by atoms with Gasteiger partial charge in [-0.15, -0.1) is 0 Å². The fourth-order valence-electron chi connectivity index (χ4n) is 1.95. The highest BCUT2D eigenvalue weighted by Gasteiger charge is 2.25. The number of hydrogen-bond donors (Lipinski definition) is 2. The van der Waals surface area contributed by atoms with Gasteiger partial charge in [0.15, 0.2) is 0 Å². The van der Waals surface area contributed by atoms with Gasteiger partial charge in [-0.25, -0.2) is 0 Å². The van der Waals surface area contributed by atoms with E-state index in [1.165, 1.54) is 0 Å². The predicted octanol–water partition coefficient (Wildman–Crippen LogP) is 1.45. The molecule has 1 aliphatic rings. The topological polar surface area (TPSA) is 74.5 Å². The van der Waals surface area contributed by atoms with Crippen molar-refractivity contribution in [3.63, 3.8) is 0 Å². The average Bonchev–Trinajstić information content (AvgIpc) is 2.97. The minimum Gasteiger partial charge on any atom is -0.311 e. The van der Waals surface area contributed by atoms with E-state index in [1.54, 1.807) is 11.5 Å². The van der Waals surface area contributed by atoms with Crippen molar-refractivity contribution in [3.8, 4) is 0 Å². The van der Waals surface area contributed by atoms with Crippen molar-refractivity contribution < 1.29 is 0 Å². The highest BCUT2D eigenvalue weighted by Crippen LogP contribution is 2.33. The molecule has 5 heteroatoms. The first-order valence-corrected chi connectivity index (χ1v) is 5.33. The van der Waals surface area contributed by atoms with E-state index < -0.39 is 0 Å². The van der Waals surface area contributed by atoms with Gasteiger partial charge in [0.2, 0.25) is 0 Å². The molecule has 1 aliphatic carbocycles. The molecule has 3 rings (SSSR count). The number of hydrogen-bond acceptors (Lipinski definition) is 3. The predicted molar refractivity (Wildman–Crippen MR) is 61.1 cm³/mol. The molecule has 2 aromatic heterocycles. The van der Waals surface area contributed by atoms with E-state index in [2.05, 4.69) is 10.2 Å². The van der Waals surface area contributed by atoms with Crippen LogP contribution in [0.3, 0.4) is 0 Å². The summed E-state index contributed by atoms with van der Waals surface area (Å²) in [6, 6.07) is 2.23. The molecule has 5 nitrogen and oxygen atoms in total. The van der Waals surface area contributed by atoms with E-state index in [9.17, 15) is 4.79 Å². The average molecular weight is 216 g/mol. The van der Waals surface area contributed by atoms with Crippen molar-refractivity contribution in [2.24, 2.45) is 0 Å². The van der Waals surface area contributed by atoms with Crippen LogP contribution in [0.15, 0.2) is 17.1 Å². The molecule has 82 valence electrons. The van der Waals surface area contributed by atoms with E-state index in [-0.39, 0.29) is 5.56 Å². The van der Waals surface area contributed by atoms with Gasteiger partial charge in [-0.1, -0.05) is 0 Å². The Hall–Kier alpha value is -1.91. The van der Waals surface area contributed by atoms with Gasteiger partial charge in [0.05, 0.1) is 5.71 Å². The first-order valence-electron chi connectivity index (χ1n) is 5.33. The van der Waals surface area contributed by atoms with E-state index in [4.69, 9.17) is 5.41 Å². The molecule has 2 heterocycles. The summed E-state index contributed by atoms with van der Waals surface area (Å²) in [4.78, 5) is 12.1. The van der Waals surface area contributed by atoms with Gasteiger partial charge in [-0.3, -0.25) is 9.89 Å². The van der Waals surface area contributed by atoms with E-state index in [1.807, 2.05) is 12.3 Å². The van der Waals surface area contributed by atoms with Crippen molar-refractivity contribution >= 4 is 16.6 Å². The normalized spacial score (nSPS) is 15.6. The third-order valence-corrected chi connectivity index (χ3v) is 2.95. The molecule has 0 bridgehead atoms. The molecule has 1 saturated carbocycles. The Morgan fingerprint density at radius 1 is 1.62 bits per heavy atom. The summed E-state index contributed by atoms with van der Waals surface area (Å²) in [6.45, 7) is 1.67. The molecule has 2 aromatic rings. The Morgan fingerprint density at radius 2 is 2.38 bits per heavy atom. The van der Waals surface area contributed by atoms with Crippen LogP contribution in [0.25, 0.3) is 10.9 Å². The van der Waals surface area contributed by atoms with Crippen LogP contribution in [0, 0.1) is 5.41 Å². The lowest BCUT2D eigenvalue weighted by molar-refractivity contribution is 0.713. The monoisotopic (exact) mass is 216 g/mol. The van der Waals surface area contributed by atoms with Crippen molar-refractivity contribution in [1.29, 1.82) is 5.41 Å². The molecule has 0 saturated heterocycles. The Balaban J connectivity index is 2.30. The number of pyridine rings is 1. The van der Waals surface area contributed by atoms with Crippen molar-refractivity contribution in [3.05, 3.63) is 28.3 Å². The number of fused-ring (bicyclic) bond motifs is 1. The summed E-state index contributed by atoms with van der Waals surface area (Å²) in [5.74, 6) is 0. The first kappa shape index (κ1) is 9.33. The number of H-pyrrole nitrogens is 1. The molecule has 2 N–H and O–H groups in total. The Kier molecular flexibility index (Phi) is 1.77. The van der Waals surface area contributed by atoms with Crippen LogP contribution < -0.4 is 5.56 Å². The van der Waals surface area contributed by atoms with Crippen molar-refractivity contribution in [1.82, 2.24) is 14.8 Å². The molecule has 1 fully saturated rings. The molecule has 16 heavy (non-hydrogen) atoms. The summed E-state index contributed by atoms with van der Waals surface area (Å²) in [5, 5.41) is 15.1. The highest BCUT2D eigenvalue weighted by molar-refractivity contribution is 6.05. The fourth-order valence-corrected chi connectivity index (χ4v) is 1.95. The molecular weight excluding hydrogens is 204 g/mol. The lowest BCUT2D eigenvalue weighted by atomic mass is 10.2. The second-order valence-electron chi connectivity index (χ2n) is 4.25. The maximum absolute atomic E-state index is 12.1. The SMILES string of the molecule is CC(=N)c1n[nH]c2c(=O)n(C3CC3)ccc12. The molecule has 0 aromatic carbocycles. The fraction of sp³-hybridized carbons (Fsp3) is 0.364. The highest BCUT2D eigenvalue weighted by atomic mass is 16.1. The molecule has 0 radical (unpaired) electrons. The van der Waals surface area contributed by atoms with Gasteiger partial charge in [0.1, 0.15) is 11.2 Å². The van der Waals surface area contributed by atoms with Gasteiger partial charge in [0, 0.05) is 17.6 Å². The van der Waals surface area contributed by atoms with Crippen molar-refractivity contribution in [2.75, 3.05) is 0 Å². The molecule has 0 atom stereocenters. The minimum absolute atomic E-state index is 0.0278. The number of aromatic amines is 1. The van der Waals surface area contributed by atoms with E-state index in [0.717, 1.165) is 18.2 Å². The summed E-state index contributed by atoms with van der Waals surface area (Å²) in [7, 11) is 0. The largest absolute Gasteiger partial charge is 0.311 e. The van der Waals surface area contributed by atoms with Crippen LogP contribution in [0.4, 0.5) is 0 Å². The van der Waals surface area contributed by atoms with Gasteiger partial charge in [-0.2, -0.15) is 5.10 Å². The Bertz CT molecular complexity index is 633. The Labute approximate surface area is 91.6 Å². The Morgan fingerprint density at radius 3 is 3.00 bits per heavy atom. The second kappa shape index (κ2) is 3.04. The zero-order valence-electron chi connectivity index (χ0n) is 8.95. The quantitative estimate of drug-likeness (QED) is 0.745. The second-order valence-corrected chi connectivity index (χ2v) is 4.25. The standard InChI is InChI=1S/C11H12N4O/c1-6(12)9-8-4-5-15(7-2-3-7)11(16)10(8)14-13-9/h4-5,7,12H,2-3H2,1H3,(H,13,14). The third kappa shape index (κ3) is 1.21. The van der Waals surface area contributed by atoms with E-state index >= 15 is 0 Å². The lowest BCUT2D eigenvalue weighted by Gasteiger charge is -2.02.